The van der Waals surface area contributed by atoms with Gasteiger partial charge in [-0.25, -0.2) is 9.67 Å². The largest absolute Gasteiger partial charge is 0.493 e. The number of methoxy groups -OCH3 is 1. The van der Waals surface area contributed by atoms with Crippen LogP contribution in [0.2, 0.25) is 0 Å². The standard InChI is InChI=1S/C26H31N7O5S/c1-16-28-18(15-39-16)10-24(35)32-11-17-9-23(34)27-7-8-31(2)26(36)20-5-4-6-22(37-3)25(20)38-14-19-12-33(30-29-19)21(17)13-32/h4-6,12,15,17,21H,7-11,13-14H2,1-3H3,(H,27,34)/t17-,21+/m0/s1. The number of carbonyl (C=O) groups excluding carboxylic acids is 3. The second-order valence-electron chi connectivity index (χ2n) is 9.76. The summed E-state index contributed by atoms with van der Waals surface area (Å²) in [5, 5.41) is 14.3. The summed E-state index contributed by atoms with van der Waals surface area (Å²) < 4.78 is 13.2. The summed E-state index contributed by atoms with van der Waals surface area (Å²) in [6.45, 7) is 3.42. The lowest BCUT2D eigenvalue weighted by Crippen LogP contribution is -2.37. The van der Waals surface area contributed by atoms with Crippen molar-refractivity contribution in [3.63, 3.8) is 0 Å². The summed E-state index contributed by atoms with van der Waals surface area (Å²) in [6.07, 6.45) is 2.20. The highest BCUT2D eigenvalue weighted by molar-refractivity contribution is 7.09. The molecule has 0 saturated carbocycles. The molecule has 0 unspecified atom stereocenters. The zero-order chi connectivity index (χ0) is 27.5. The number of aryl methyl sites for hydroxylation is 1. The zero-order valence-corrected chi connectivity index (χ0v) is 22.9. The highest BCUT2D eigenvalue weighted by Crippen LogP contribution is 2.34. The van der Waals surface area contributed by atoms with Crippen molar-refractivity contribution in [2.45, 2.75) is 32.4 Å². The van der Waals surface area contributed by atoms with Crippen LogP contribution in [0.25, 0.3) is 0 Å². The van der Waals surface area contributed by atoms with Crippen LogP contribution in [0.1, 0.15) is 39.2 Å². The Bertz CT molecular complexity index is 1370. The van der Waals surface area contributed by atoms with Crippen LogP contribution in [-0.2, 0) is 22.6 Å². The number of hydrogen-bond acceptors (Lipinski definition) is 9. The minimum absolute atomic E-state index is 0.0355. The molecule has 206 valence electrons. The Morgan fingerprint density at radius 1 is 1.28 bits per heavy atom. The van der Waals surface area contributed by atoms with Gasteiger partial charge in [0.15, 0.2) is 11.5 Å². The number of fused-ring (bicyclic) bond motifs is 5. The minimum Gasteiger partial charge on any atom is -0.493 e. The fourth-order valence-electron chi connectivity index (χ4n) is 4.98. The Hall–Kier alpha value is -4.00. The van der Waals surface area contributed by atoms with E-state index < -0.39 is 0 Å². The van der Waals surface area contributed by atoms with Crippen molar-refractivity contribution < 1.29 is 23.9 Å². The molecule has 3 aromatic rings. The molecule has 2 aliphatic rings. The molecule has 0 radical (unpaired) electrons. The first-order valence-corrected chi connectivity index (χ1v) is 13.6. The molecular formula is C26H31N7O5S. The number of likely N-dealkylation sites (tertiary alicyclic amines) is 1. The van der Waals surface area contributed by atoms with Gasteiger partial charge in [-0.2, -0.15) is 0 Å². The van der Waals surface area contributed by atoms with Crippen molar-refractivity contribution in [2.75, 3.05) is 40.3 Å². The van der Waals surface area contributed by atoms with Gasteiger partial charge < -0.3 is 24.6 Å². The minimum atomic E-state index is -0.255. The van der Waals surface area contributed by atoms with Gasteiger partial charge in [-0.05, 0) is 19.1 Å². The Labute approximate surface area is 229 Å². The van der Waals surface area contributed by atoms with E-state index in [9.17, 15) is 14.4 Å². The molecule has 1 fully saturated rings. The first-order chi connectivity index (χ1) is 18.8. The molecule has 1 aromatic carbocycles. The summed E-state index contributed by atoms with van der Waals surface area (Å²) in [7, 11) is 3.19. The van der Waals surface area contributed by atoms with E-state index in [4.69, 9.17) is 9.47 Å². The number of ether oxygens (including phenoxy) is 2. The van der Waals surface area contributed by atoms with Crippen molar-refractivity contribution in [1.29, 1.82) is 0 Å². The van der Waals surface area contributed by atoms with Gasteiger partial charge >= 0.3 is 0 Å². The molecule has 3 amide bonds. The van der Waals surface area contributed by atoms with Gasteiger partial charge in [-0.1, -0.05) is 11.3 Å². The maximum absolute atomic E-state index is 13.2. The highest BCUT2D eigenvalue weighted by Gasteiger charge is 2.38. The van der Waals surface area contributed by atoms with Gasteiger partial charge in [-0.3, -0.25) is 14.4 Å². The first kappa shape index (κ1) is 26.6. The lowest BCUT2D eigenvalue weighted by molar-refractivity contribution is -0.130. The third kappa shape index (κ3) is 5.87. The predicted octanol–water partition coefficient (Wildman–Crippen LogP) is 1.46. The van der Waals surface area contributed by atoms with Crippen LogP contribution < -0.4 is 14.8 Å². The average Bonchev–Trinajstić information content (AvgIpc) is 3.66. The number of benzene rings is 1. The van der Waals surface area contributed by atoms with Gasteiger partial charge in [0.25, 0.3) is 5.91 Å². The fraction of sp³-hybridized carbons (Fsp3) is 0.462. The van der Waals surface area contributed by atoms with E-state index in [1.165, 1.54) is 23.3 Å². The van der Waals surface area contributed by atoms with Gasteiger partial charge in [-0.15, -0.1) is 16.4 Å². The second-order valence-corrected chi connectivity index (χ2v) is 10.8. The van der Waals surface area contributed by atoms with E-state index in [2.05, 4.69) is 20.6 Å². The lowest BCUT2D eigenvalue weighted by Gasteiger charge is -2.21. The second kappa shape index (κ2) is 11.4. The number of carbonyl (C=O) groups is 3. The Morgan fingerprint density at radius 3 is 2.90 bits per heavy atom. The van der Waals surface area contributed by atoms with Crippen LogP contribution in [0.5, 0.6) is 11.5 Å². The summed E-state index contributed by atoms with van der Waals surface area (Å²) in [5.74, 6) is 0.148. The molecular weight excluding hydrogens is 522 g/mol. The van der Waals surface area contributed by atoms with Crippen molar-refractivity contribution in [3.05, 3.63) is 51.7 Å². The van der Waals surface area contributed by atoms with Crippen LogP contribution in [0, 0.1) is 12.8 Å². The van der Waals surface area contributed by atoms with E-state index in [-0.39, 0.29) is 55.7 Å². The monoisotopic (exact) mass is 553 g/mol. The molecule has 1 saturated heterocycles. The molecule has 2 aliphatic heterocycles. The quantitative estimate of drug-likeness (QED) is 0.516. The van der Waals surface area contributed by atoms with Crippen LogP contribution in [0.3, 0.4) is 0 Å². The number of nitrogens with zero attached hydrogens (tertiary/aromatic N) is 6. The number of para-hydroxylation sites is 1. The smallest absolute Gasteiger partial charge is 0.257 e. The SMILES string of the molecule is COc1cccc2c1OCc1cn(nn1)[C@@H]1CN(C(=O)Cc3csc(C)n3)C[C@@H]1CC(=O)NCCN(C)C2=O. The van der Waals surface area contributed by atoms with Gasteiger partial charge in [0.05, 0.1) is 42.0 Å². The first-order valence-electron chi connectivity index (χ1n) is 12.7. The molecule has 12 nitrogen and oxygen atoms in total. The molecule has 2 atom stereocenters. The maximum atomic E-state index is 13.2. The number of nitrogens with one attached hydrogen (secondary N) is 1. The number of amides is 3. The van der Waals surface area contributed by atoms with Crippen LogP contribution in [0.4, 0.5) is 0 Å². The Kier molecular flexibility index (Phi) is 7.77. The normalized spacial score (nSPS) is 20.2. The molecule has 2 aromatic heterocycles. The van der Waals surface area contributed by atoms with Crippen LogP contribution in [-0.4, -0.2) is 87.8 Å². The van der Waals surface area contributed by atoms with E-state index in [0.717, 1.165) is 10.7 Å². The van der Waals surface area contributed by atoms with Gasteiger partial charge in [0.2, 0.25) is 11.8 Å². The van der Waals surface area contributed by atoms with Gasteiger partial charge in [0, 0.05) is 50.9 Å². The van der Waals surface area contributed by atoms with Crippen molar-refractivity contribution in [2.24, 2.45) is 5.92 Å². The molecule has 4 heterocycles. The highest BCUT2D eigenvalue weighted by atomic mass is 32.1. The molecule has 13 heteroatoms. The third-order valence-corrected chi connectivity index (χ3v) is 7.84. The number of aromatic nitrogens is 4. The number of hydrogen-bond donors (Lipinski definition) is 1. The Balaban J connectivity index is 1.40. The molecule has 5 rings (SSSR count). The predicted molar refractivity (Wildman–Crippen MR) is 142 cm³/mol. The van der Waals surface area contributed by atoms with E-state index in [1.54, 1.807) is 41.0 Å². The summed E-state index contributed by atoms with van der Waals surface area (Å²) in [5.41, 5.74) is 1.65. The molecule has 0 aliphatic carbocycles. The van der Waals surface area contributed by atoms with Crippen molar-refractivity contribution in [3.8, 4) is 11.5 Å². The van der Waals surface area contributed by atoms with Crippen molar-refractivity contribution in [1.82, 2.24) is 35.1 Å². The van der Waals surface area contributed by atoms with E-state index >= 15 is 0 Å². The van der Waals surface area contributed by atoms with Crippen molar-refractivity contribution >= 4 is 29.1 Å². The molecule has 2 bridgehead atoms. The van der Waals surface area contributed by atoms with Crippen LogP contribution >= 0.6 is 11.3 Å². The number of rotatable bonds is 3. The van der Waals surface area contributed by atoms with Gasteiger partial charge in [0.1, 0.15) is 12.3 Å². The topological polar surface area (TPSA) is 132 Å². The average molecular weight is 554 g/mol. The molecule has 1 N–H and O–H groups in total. The van der Waals surface area contributed by atoms with E-state index in [0.29, 0.717) is 42.4 Å². The summed E-state index contributed by atoms with van der Waals surface area (Å²) in [6, 6.07) is 4.91. The fourth-order valence-corrected chi connectivity index (χ4v) is 5.59. The Morgan fingerprint density at radius 2 is 2.13 bits per heavy atom. The molecule has 39 heavy (non-hydrogen) atoms. The summed E-state index contributed by atoms with van der Waals surface area (Å²) in [4.78, 5) is 46.9. The summed E-state index contributed by atoms with van der Waals surface area (Å²) >= 11 is 1.52. The number of thiazole rings is 1. The number of likely N-dealkylation sites (N-methyl/N-ethyl adjacent to an activating group) is 1. The zero-order valence-electron chi connectivity index (χ0n) is 22.1. The maximum Gasteiger partial charge on any atom is 0.257 e. The lowest BCUT2D eigenvalue weighted by atomic mass is 9.99. The van der Waals surface area contributed by atoms with E-state index in [1.807, 2.05) is 12.3 Å². The van der Waals surface area contributed by atoms with Crippen LogP contribution in [0.15, 0.2) is 29.8 Å². The third-order valence-electron chi connectivity index (χ3n) is 7.01. The molecule has 0 spiro atoms.